The summed E-state index contributed by atoms with van der Waals surface area (Å²) in [6, 6.07) is 4.82. The van der Waals surface area contributed by atoms with Gasteiger partial charge in [-0.2, -0.15) is 0 Å². The highest BCUT2D eigenvalue weighted by atomic mass is 32.1. The van der Waals surface area contributed by atoms with E-state index in [0.29, 0.717) is 28.8 Å². The zero-order valence-corrected chi connectivity index (χ0v) is 13.0. The van der Waals surface area contributed by atoms with Crippen molar-refractivity contribution >= 4 is 27.4 Å². The first kappa shape index (κ1) is 15.9. The van der Waals surface area contributed by atoms with Crippen LogP contribution in [0.2, 0.25) is 0 Å². The largest absolute Gasteiger partial charge is 0.477 e. The summed E-state index contributed by atoms with van der Waals surface area (Å²) in [4.78, 5) is 13.6. The Balaban J connectivity index is 2.45. The Bertz CT molecular complexity index is 656. The highest BCUT2D eigenvalue weighted by Crippen LogP contribution is 2.34. The van der Waals surface area contributed by atoms with Gasteiger partial charge in [0.1, 0.15) is 10.7 Å². The normalized spacial score (nSPS) is 13.0. The van der Waals surface area contributed by atoms with Crippen LogP contribution in [0.1, 0.15) is 22.2 Å². The quantitative estimate of drug-likeness (QED) is 0.890. The molecule has 1 atom stereocenters. The first-order valence-corrected chi connectivity index (χ1v) is 7.39. The second kappa shape index (κ2) is 6.51. The van der Waals surface area contributed by atoms with Gasteiger partial charge in [-0.25, -0.2) is 9.18 Å². The molecule has 1 N–H and O–H groups in total. The lowest BCUT2D eigenvalue weighted by Gasteiger charge is -2.24. The van der Waals surface area contributed by atoms with E-state index in [1.54, 1.807) is 19.2 Å². The van der Waals surface area contributed by atoms with E-state index < -0.39 is 5.97 Å². The van der Waals surface area contributed by atoms with Crippen LogP contribution in [0.4, 0.5) is 4.39 Å². The number of carboxylic acid groups (broad SMARTS) is 1. The van der Waals surface area contributed by atoms with Crippen LogP contribution < -0.4 is 0 Å². The van der Waals surface area contributed by atoms with Gasteiger partial charge in [0.2, 0.25) is 0 Å². The number of likely N-dealkylation sites (N-methyl/N-ethyl adjacent to an activating group) is 1. The Morgan fingerprint density at radius 2 is 2.24 bits per heavy atom. The molecule has 21 heavy (non-hydrogen) atoms. The zero-order chi connectivity index (χ0) is 15.6. The Morgan fingerprint density at radius 3 is 2.86 bits per heavy atom. The summed E-state index contributed by atoms with van der Waals surface area (Å²) in [6.45, 7) is 2.88. The van der Waals surface area contributed by atoms with Crippen molar-refractivity contribution in [3.05, 3.63) is 34.5 Å². The van der Waals surface area contributed by atoms with E-state index in [1.165, 1.54) is 6.07 Å². The molecule has 0 aliphatic carbocycles. The molecule has 0 aliphatic heterocycles. The Hall–Kier alpha value is -1.50. The number of methoxy groups -OCH3 is 1. The molecular weight excluding hydrogens is 293 g/mol. The van der Waals surface area contributed by atoms with Gasteiger partial charge in [0.25, 0.3) is 0 Å². The lowest BCUT2D eigenvalue weighted by Crippen LogP contribution is -2.32. The van der Waals surface area contributed by atoms with Crippen LogP contribution in [-0.4, -0.2) is 42.8 Å². The zero-order valence-electron chi connectivity index (χ0n) is 12.2. The molecule has 0 aliphatic rings. The molecule has 0 saturated carbocycles. The van der Waals surface area contributed by atoms with Crippen LogP contribution in [-0.2, 0) is 11.3 Å². The number of carboxylic acids is 1. The Labute approximate surface area is 126 Å². The van der Waals surface area contributed by atoms with E-state index in [2.05, 4.69) is 0 Å². The number of aromatic carboxylic acids is 1. The van der Waals surface area contributed by atoms with Gasteiger partial charge in [-0.05, 0) is 26.1 Å². The fourth-order valence-electron chi connectivity index (χ4n) is 2.26. The summed E-state index contributed by atoms with van der Waals surface area (Å²) < 4.78 is 19.9. The van der Waals surface area contributed by atoms with Gasteiger partial charge in [-0.3, -0.25) is 4.90 Å². The molecule has 0 bridgehead atoms. The second-order valence-corrected chi connectivity index (χ2v) is 6.10. The topological polar surface area (TPSA) is 49.8 Å². The molecule has 1 unspecified atom stereocenters. The number of hydrogen-bond donors (Lipinski definition) is 1. The van der Waals surface area contributed by atoms with Crippen LogP contribution >= 0.6 is 11.3 Å². The van der Waals surface area contributed by atoms with Crippen molar-refractivity contribution < 1.29 is 19.0 Å². The van der Waals surface area contributed by atoms with Crippen molar-refractivity contribution in [1.82, 2.24) is 4.90 Å². The number of thiophene rings is 1. The van der Waals surface area contributed by atoms with Crippen LogP contribution in [0.15, 0.2) is 18.2 Å². The molecule has 1 heterocycles. The number of fused-ring (bicyclic) bond motifs is 1. The smallest absolute Gasteiger partial charge is 0.346 e. The van der Waals surface area contributed by atoms with Gasteiger partial charge in [0.05, 0.1) is 6.61 Å². The summed E-state index contributed by atoms with van der Waals surface area (Å²) >= 11 is 1.12. The van der Waals surface area contributed by atoms with Crippen LogP contribution in [0.5, 0.6) is 0 Å². The molecular formula is C15H18FNO3S. The maximum absolute atomic E-state index is 14.1. The van der Waals surface area contributed by atoms with Gasteiger partial charge in [0, 0.05) is 35.3 Å². The molecule has 2 aromatic rings. The first-order chi connectivity index (χ1) is 9.95. The van der Waals surface area contributed by atoms with Gasteiger partial charge < -0.3 is 9.84 Å². The summed E-state index contributed by atoms with van der Waals surface area (Å²) in [5.41, 5.74) is 0.533. The van der Waals surface area contributed by atoms with Crippen molar-refractivity contribution in [2.45, 2.75) is 19.5 Å². The third kappa shape index (κ3) is 3.23. The Kier molecular flexibility index (Phi) is 4.92. The molecule has 0 fully saturated rings. The molecule has 4 nitrogen and oxygen atoms in total. The van der Waals surface area contributed by atoms with E-state index in [0.717, 1.165) is 11.3 Å². The average molecular weight is 311 g/mol. The van der Waals surface area contributed by atoms with E-state index in [-0.39, 0.29) is 16.7 Å². The van der Waals surface area contributed by atoms with Crippen LogP contribution in [0.3, 0.4) is 0 Å². The number of rotatable bonds is 6. The van der Waals surface area contributed by atoms with E-state index >= 15 is 0 Å². The predicted molar refractivity (Wildman–Crippen MR) is 81.5 cm³/mol. The fourth-order valence-corrected chi connectivity index (χ4v) is 3.33. The summed E-state index contributed by atoms with van der Waals surface area (Å²) in [5.74, 6) is -1.39. The summed E-state index contributed by atoms with van der Waals surface area (Å²) in [5, 5.41) is 9.77. The number of benzene rings is 1. The molecule has 0 spiro atoms. The van der Waals surface area contributed by atoms with Crippen LogP contribution in [0.25, 0.3) is 10.1 Å². The summed E-state index contributed by atoms with van der Waals surface area (Å²) in [7, 11) is 3.49. The van der Waals surface area contributed by atoms with Gasteiger partial charge >= 0.3 is 5.97 Å². The third-order valence-electron chi connectivity index (χ3n) is 3.53. The van der Waals surface area contributed by atoms with Crippen molar-refractivity contribution in [2.24, 2.45) is 0 Å². The monoisotopic (exact) mass is 311 g/mol. The van der Waals surface area contributed by atoms with E-state index in [4.69, 9.17) is 4.74 Å². The summed E-state index contributed by atoms with van der Waals surface area (Å²) in [6.07, 6.45) is 0. The lowest BCUT2D eigenvalue weighted by molar-refractivity contribution is 0.0698. The number of ether oxygens (including phenoxy) is 1. The molecule has 1 aromatic carbocycles. The highest BCUT2D eigenvalue weighted by Gasteiger charge is 2.22. The van der Waals surface area contributed by atoms with E-state index in [1.807, 2.05) is 18.9 Å². The lowest BCUT2D eigenvalue weighted by atomic mass is 10.1. The number of hydrogen-bond acceptors (Lipinski definition) is 4. The van der Waals surface area contributed by atoms with Crippen molar-refractivity contribution in [3.8, 4) is 0 Å². The molecule has 6 heteroatoms. The first-order valence-electron chi connectivity index (χ1n) is 6.58. The van der Waals surface area contributed by atoms with E-state index in [9.17, 15) is 14.3 Å². The third-order valence-corrected chi connectivity index (χ3v) is 4.71. The molecule has 0 radical (unpaired) electrons. The van der Waals surface area contributed by atoms with Crippen molar-refractivity contribution in [1.29, 1.82) is 0 Å². The second-order valence-electron chi connectivity index (χ2n) is 5.05. The SMILES string of the molecule is COCC(C)N(C)Cc1c(C(=O)O)sc2cccc(F)c12. The van der Waals surface area contributed by atoms with Crippen molar-refractivity contribution in [3.63, 3.8) is 0 Å². The van der Waals surface area contributed by atoms with Gasteiger partial charge in [-0.15, -0.1) is 11.3 Å². The maximum atomic E-state index is 14.1. The number of nitrogens with zero attached hydrogens (tertiary/aromatic N) is 1. The minimum atomic E-state index is -1.02. The van der Waals surface area contributed by atoms with Gasteiger partial charge in [0.15, 0.2) is 0 Å². The minimum absolute atomic E-state index is 0.110. The standard InChI is InChI=1S/C15H18FNO3S/c1-9(8-20-3)17(2)7-10-13-11(16)5-4-6-12(13)21-14(10)15(18)19/h4-6,9H,7-8H2,1-3H3,(H,18,19). The van der Waals surface area contributed by atoms with Crippen molar-refractivity contribution in [2.75, 3.05) is 20.8 Å². The minimum Gasteiger partial charge on any atom is -0.477 e. The number of halogens is 1. The molecule has 1 aromatic heterocycles. The molecule has 0 saturated heterocycles. The molecule has 0 amide bonds. The predicted octanol–water partition coefficient (Wildman–Crippen LogP) is 3.21. The molecule has 114 valence electrons. The highest BCUT2D eigenvalue weighted by molar-refractivity contribution is 7.21. The fraction of sp³-hybridized carbons (Fsp3) is 0.400. The Morgan fingerprint density at radius 1 is 1.52 bits per heavy atom. The van der Waals surface area contributed by atoms with Gasteiger partial charge in [-0.1, -0.05) is 6.07 Å². The molecule has 2 rings (SSSR count). The number of carbonyl (C=O) groups is 1. The van der Waals surface area contributed by atoms with Crippen LogP contribution in [0, 0.1) is 5.82 Å². The average Bonchev–Trinajstić information content (AvgIpc) is 2.79. The maximum Gasteiger partial charge on any atom is 0.346 e.